The molecule has 0 bridgehead atoms. The first-order valence-electron chi connectivity index (χ1n) is 4.48. The van der Waals surface area contributed by atoms with Crippen molar-refractivity contribution >= 4 is 5.97 Å². The summed E-state index contributed by atoms with van der Waals surface area (Å²) >= 11 is 0. The first-order chi connectivity index (χ1) is 5.93. The molecule has 3 nitrogen and oxygen atoms in total. The normalized spacial score (nSPS) is 12.7. The van der Waals surface area contributed by atoms with E-state index in [1.54, 1.807) is 6.92 Å². The van der Waals surface area contributed by atoms with Crippen LogP contribution in [0.3, 0.4) is 0 Å². The van der Waals surface area contributed by atoms with E-state index in [0.29, 0.717) is 6.54 Å². The van der Waals surface area contributed by atoms with Crippen molar-refractivity contribution in [2.75, 3.05) is 20.1 Å². The highest BCUT2D eigenvalue weighted by atomic mass is 16.4. The molecule has 0 aromatic carbocycles. The van der Waals surface area contributed by atoms with Gasteiger partial charge in [0, 0.05) is 13.1 Å². The van der Waals surface area contributed by atoms with E-state index < -0.39 is 5.97 Å². The van der Waals surface area contributed by atoms with Crippen LogP contribution in [-0.2, 0) is 4.79 Å². The third-order valence-corrected chi connectivity index (χ3v) is 1.82. The molecule has 0 aliphatic heterocycles. The maximum atomic E-state index is 10.5. The van der Waals surface area contributed by atoms with E-state index in [0.717, 1.165) is 6.54 Å². The zero-order chi connectivity index (χ0) is 10.4. The van der Waals surface area contributed by atoms with Crippen LogP contribution in [0.2, 0.25) is 0 Å². The predicted molar refractivity (Wildman–Crippen MR) is 53.7 cm³/mol. The lowest BCUT2D eigenvalue weighted by atomic mass is 10.2. The number of hydrogen-bond donors (Lipinski definition) is 1. The highest BCUT2D eigenvalue weighted by molar-refractivity contribution is 5.69. The van der Waals surface area contributed by atoms with Gasteiger partial charge in [-0.3, -0.25) is 4.79 Å². The van der Waals surface area contributed by atoms with Crippen LogP contribution in [0.1, 0.15) is 20.8 Å². The molecule has 0 spiro atoms. The molecule has 0 rings (SSSR count). The Hall–Kier alpha value is -0.830. The molecular formula is C10H19NO2. The van der Waals surface area contributed by atoms with E-state index in [2.05, 4.69) is 6.08 Å². The number of nitrogens with zero attached hydrogens (tertiary/aromatic N) is 1. The van der Waals surface area contributed by atoms with Crippen LogP contribution >= 0.6 is 0 Å². The Kier molecular flexibility index (Phi) is 5.39. The number of hydrogen-bond acceptors (Lipinski definition) is 2. The molecule has 0 aliphatic carbocycles. The Labute approximate surface area is 80.0 Å². The molecule has 0 aromatic heterocycles. The van der Waals surface area contributed by atoms with Crippen molar-refractivity contribution in [3.63, 3.8) is 0 Å². The van der Waals surface area contributed by atoms with Crippen LogP contribution in [-0.4, -0.2) is 36.1 Å². The Morgan fingerprint density at radius 1 is 1.54 bits per heavy atom. The summed E-state index contributed by atoms with van der Waals surface area (Å²) in [6.07, 6.45) is 2.09. The van der Waals surface area contributed by atoms with Gasteiger partial charge in [-0.15, -0.1) is 0 Å². The topological polar surface area (TPSA) is 40.5 Å². The number of carboxylic acids is 1. The van der Waals surface area contributed by atoms with E-state index in [9.17, 15) is 4.79 Å². The fourth-order valence-electron chi connectivity index (χ4n) is 0.959. The van der Waals surface area contributed by atoms with Gasteiger partial charge in [-0.1, -0.05) is 18.6 Å². The van der Waals surface area contributed by atoms with Crippen LogP contribution in [0.4, 0.5) is 0 Å². The Bertz CT molecular complexity index is 195. The zero-order valence-corrected chi connectivity index (χ0v) is 8.87. The minimum Gasteiger partial charge on any atom is -0.481 e. The molecule has 0 fully saturated rings. The van der Waals surface area contributed by atoms with Gasteiger partial charge in [-0.05, 0) is 20.9 Å². The second-order valence-corrected chi connectivity index (χ2v) is 3.74. The predicted octanol–water partition coefficient (Wildman–Crippen LogP) is 1.61. The fourth-order valence-corrected chi connectivity index (χ4v) is 0.959. The van der Waals surface area contributed by atoms with Gasteiger partial charge in [0.15, 0.2) is 0 Å². The highest BCUT2D eigenvalue weighted by Gasteiger charge is 2.12. The Balaban J connectivity index is 3.80. The molecule has 0 aliphatic rings. The van der Waals surface area contributed by atoms with Crippen LogP contribution in [0.15, 0.2) is 11.6 Å². The molecule has 1 N–H and O–H groups in total. The SMILES string of the molecule is CC(C)=CCN(C)CC(C)C(=O)O. The minimum atomic E-state index is -0.732. The third kappa shape index (κ3) is 6.34. The van der Waals surface area contributed by atoms with E-state index in [1.807, 2.05) is 25.8 Å². The maximum Gasteiger partial charge on any atom is 0.307 e. The summed E-state index contributed by atoms with van der Waals surface area (Å²) in [5, 5.41) is 8.67. The van der Waals surface area contributed by atoms with Gasteiger partial charge < -0.3 is 10.0 Å². The fraction of sp³-hybridized carbons (Fsp3) is 0.700. The van der Waals surface area contributed by atoms with Gasteiger partial charge in [-0.25, -0.2) is 0 Å². The molecule has 13 heavy (non-hydrogen) atoms. The molecule has 3 heteroatoms. The van der Waals surface area contributed by atoms with Gasteiger partial charge >= 0.3 is 5.97 Å². The molecule has 0 radical (unpaired) electrons. The van der Waals surface area contributed by atoms with Crippen molar-refractivity contribution < 1.29 is 9.90 Å². The molecule has 0 amide bonds. The number of allylic oxidation sites excluding steroid dienone is 1. The summed E-state index contributed by atoms with van der Waals surface area (Å²) in [4.78, 5) is 12.5. The minimum absolute atomic E-state index is 0.296. The molecule has 0 saturated carbocycles. The Morgan fingerprint density at radius 2 is 2.08 bits per heavy atom. The quantitative estimate of drug-likeness (QED) is 0.661. The van der Waals surface area contributed by atoms with Crippen LogP contribution in [0.25, 0.3) is 0 Å². The van der Waals surface area contributed by atoms with Crippen molar-refractivity contribution in [1.29, 1.82) is 0 Å². The van der Waals surface area contributed by atoms with Gasteiger partial charge in [-0.2, -0.15) is 0 Å². The summed E-state index contributed by atoms with van der Waals surface area (Å²) in [7, 11) is 1.93. The van der Waals surface area contributed by atoms with Crippen molar-refractivity contribution in [1.82, 2.24) is 4.90 Å². The first kappa shape index (κ1) is 12.2. The Morgan fingerprint density at radius 3 is 2.46 bits per heavy atom. The van der Waals surface area contributed by atoms with Crippen LogP contribution in [0, 0.1) is 5.92 Å². The van der Waals surface area contributed by atoms with E-state index in [4.69, 9.17) is 5.11 Å². The number of carbonyl (C=O) groups is 1. The molecule has 0 saturated heterocycles. The summed E-state index contributed by atoms with van der Waals surface area (Å²) in [6.45, 7) is 7.21. The molecular weight excluding hydrogens is 166 g/mol. The summed E-state index contributed by atoms with van der Waals surface area (Å²) in [5.41, 5.74) is 1.26. The molecule has 1 unspecified atom stereocenters. The lowest BCUT2D eigenvalue weighted by molar-refractivity contribution is -0.141. The molecule has 0 heterocycles. The average molecular weight is 185 g/mol. The summed E-state index contributed by atoms with van der Waals surface area (Å²) in [5.74, 6) is -1.03. The van der Waals surface area contributed by atoms with Gasteiger partial charge in [0.25, 0.3) is 0 Å². The van der Waals surface area contributed by atoms with Crippen molar-refractivity contribution in [2.24, 2.45) is 5.92 Å². The lowest BCUT2D eigenvalue weighted by Crippen LogP contribution is -2.28. The van der Waals surface area contributed by atoms with E-state index in [-0.39, 0.29) is 5.92 Å². The largest absolute Gasteiger partial charge is 0.481 e. The summed E-state index contributed by atoms with van der Waals surface area (Å²) < 4.78 is 0. The number of likely N-dealkylation sites (N-methyl/N-ethyl adjacent to an activating group) is 1. The van der Waals surface area contributed by atoms with E-state index >= 15 is 0 Å². The lowest BCUT2D eigenvalue weighted by Gasteiger charge is -2.17. The molecule has 76 valence electrons. The van der Waals surface area contributed by atoms with Crippen LogP contribution in [0.5, 0.6) is 0 Å². The second kappa shape index (κ2) is 5.75. The van der Waals surface area contributed by atoms with E-state index in [1.165, 1.54) is 5.57 Å². The standard InChI is InChI=1S/C10H19NO2/c1-8(2)5-6-11(4)7-9(3)10(12)13/h5,9H,6-7H2,1-4H3,(H,12,13). The van der Waals surface area contributed by atoms with Gasteiger partial charge in [0.05, 0.1) is 5.92 Å². The monoisotopic (exact) mass is 185 g/mol. The van der Waals surface area contributed by atoms with Crippen molar-refractivity contribution in [3.05, 3.63) is 11.6 Å². The second-order valence-electron chi connectivity index (χ2n) is 3.74. The number of carboxylic acid groups (broad SMARTS) is 1. The third-order valence-electron chi connectivity index (χ3n) is 1.82. The van der Waals surface area contributed by atoms with Gasteiger partial charge in [0.2, 0.25) is 0 Å². The molecule has 0 aromatic rings. The summed E-state index contributed by atoms with van der Waals surface area (Å²) in [6, 6.07) is 0. The molecule has 1 atom stereocenters. The maximum absolute atomic E-state index is 10.5. The number of rotatable bonds is 5. The van der Waals surface area contributed by atoms with Crippen LogP contribution < -0.4 is 0 Å². The zero-order valence-electron chi connectivity index (χ0n) is 8.87. The van der Waals surface area contributed by atoms with Crippen molar-refractivity contribution in [3.8, 4) is 0 Å². The average Bonchev–Trinajstić information content (AvgIpc) is 2.00. The highest BCUT2D eigenvalue weighted by Crippen LogP contribution is 1.99. The number of aliphatic carboxylic acids is 1. The van der Waals surface area contributed by atoms with Gasteiger partial charge in [0.1, 0.15) is 0 Å². The van der Waals surface area contributed by atoms with Crippen molar-refractivity contribution in [2.45, 2.75) is 20.8 Å². The smallest absolute Gasteiger partial charge is 0.307 e. The first-order valence-corrected chi connectivity index (χ1v) is 4.48.